The largest absolute Gasteiger partial charge is 0.496 e. The van der Waals surface area contributed by atoms with E-state index in [1.807, 2.05) is 36.6 Å². The van der Waals surface area contributed by atoms with Gasteiger partial charge in [0.1, 0.15) is 5.75 Å². The number of halogens is 1. The number of methoxy groups -OCH3 is 1. The summed E-state index contributed by atoms with van der Waals surface area (Å²) in [4.78, 5) is 1.44. The van der Waals surface area contributed by atoms with Crippen molar-refractivity contribution in [3.05, 3.63) is 51.2 Å². The van der Waals surface area contributed by atoms with Gasteiger partial charge in [-0.05, 0) is 56.0 Å². The van der Waals surface area contributed by atoms with Crippen molar-refractivity contribution >= 4 is 22.9 Å². The Hall–Kier alpha value is -1.03. The maximum absolute atomic E-state index is 6.11. The Balaban J connectivity index is 2.02. The standard InChI is InChI=1S/C16H20ClNOS/c1-18-15(7-3-5-13-6-4-10-20-13)14-11-12(17)8-9-16(14)19-2/h4,6,8-11,15,18H,3,5,7H2,1-2H3. The van der Waals surface area contributed by atoms with Gasteiger partial charge in [-0.25, -0.2) is 0 Å². The molecule has 0 saturated carbocycles. The van der Waals surface area contributed by atoms with Crippen molar-refractivity contribution in [1.82, 2.24) is 5.32 Å². The number of benzene rings is 1. The quantitative estimate of drug-likeness (QED) is 0.801. The predicted octanol–water partition coefficient (Wildman–Crippen LogP) is 4.69. The molecule has 2 rings (SSSR count). The van der Waals surface area contributed by atoms with E-state index in [0.29, 0.717) is 0 Å². The summed E-state index contributed by atoms with van der Waals surface area (Å²) in [6.45, 7) is 0. The van der Waals surface area contributed by atoms with Crippen LogP contribution in [0.2, 0.25) is 5.02 Å². The van der Waals surface area contributed by atoms with E-state index in [1.54, 1.807) is 7.11 Å². The van der Waals surface area contributed by atoms with E-state index in [1.165, 1.54) is 4.88 Å². The molecule has 20 heavy (non-hydrogen) atoms. The Morgan fingerprint density at radius 3 is 2.85 bits per heavy atom. The number of aryl methyl sites for hydroxylation is 1. The molecule has 0 spiro atoms. The molecule has 0 fully saturated rings. The lowest BCUT2D eigenvalue weighted by atomic mass is 10.00. The predicted molar refractivity (Wildman–Crippen MR) is 87.1 cm³/mol. The Bertz CT molecular complexity index is 527. The maximum Gasteiger partial charge on any atom is 0.123 e. The molecule has 2 nitrogen and oxygen atoms in total. The second-order valence-corrected chi connectivity index (χ2v) is 6.17. The smallest absolute Gasteiger partial charge is 0.123 e. The molecule has 0 aliphatic heterocycles. The van der Waals surface area contributed by atoms with E-state index in [9.17, 15) is 0 Å². The monoisotopic (exact) mass is 309 g/mol. The highest BCUT2D eigenvalue weighted by atomic mass is 35.5. The molecule has 1 atom stereocenters. The van der Waals surface area contributed by atoms with Gasteiger partial charge < -0.3 is 10.1 Å². The summed E-state index contributed by atoms with van der Waals surface area (Å²) in [5, 5.41) is 6.24. The van der Waals surface area contributed by atoms with Crippen LogP contribution in [0.25, 0.3) is 0 Å². The van der Waals surface area contributed by atoms with E-state index < -0.39 is 0 Å². The number of nitrogens with one attached hydrogen (secondary N) is 1. The van der Waals surface area contributed by atoms with Gasteiger partial charge in [0.25, 0.3) is 0 Å². The average Bonchev–Trinajstić information content (AvgIpc) is 2.97. The Labute approximate surface area is 129 Å². The highest BCUT2D eigenvalue weighted by Gasteiger charge is 2.14. The zero-order valence-corrected chi connectivity index (χ0v) is 13.4. The van der Waals surface area contributed by atoms with Gasteiger partial charge in [0.15, 0.2) is 0 Å². The third-order valence-corrected chi connectivity index (χ3v) is 4.58. The van der Waals surface area contributed by atoms with Crippen LogP contribution in [0.4, 0.5) is 0 Å². The van der Waals surface area contributed by atoms with Crippen molar-refractivity contribution in [3.63, 3.8) is 0 Å². The highest BCUT2D eigenvalue weighted by Crippen LogP contribution is 2.31. The molecule has 108 valence electrons. The number of ether oxygens (including phenoxy) is 1. The zero-order chi connectivity index (χ0) is 14.4. The van der Waals surface area contributed by atoms with Gasteiger partial charge >= 0.3 is 0 Å². The van der Waals surface area contributed by atoms with Crippen LogP contribution in [0.5, 0.6) is 5.75 Å². The molecular weight excluding hydrogens is 290 g/mol. The lowest BCUT2D eigenvalue weighted by Crippen LogP contribution is -2.17. The number of rotatable bonds is 7. The third kappa shape index (κ3) is 3.98. The lowest BCUT2D eigenvalue weighted by Gasteiger charge is -2.19. The van der Waals surface area contributed by atoms with Crippen molar-refractivity contribution < 1.29 is 4.74 Å². The average molecular weight is 310 g/mol. The summed E-state index contributed by atoms with van der Waals surface area (Å²) in [5.74, 6) is 0.893. The normalized spacial score (nSPS) is 12.3. The van der Waals surface area contributed by atoms with Crippen LogP contribution >= 0.6 is 22.9 Å². The number of hydrogen-bond donors (Lipinski definition) is 1. The topological polar surface area (TPSA) is 21.3 Å². The van der Waals surface area contributed by atoms with Gasteiger partial charge in [-0.2, -0.15) is 0 Å². The minimum absolute atomic E-state index is 0.267. The van der Waals surface area contributed by atoms with Crippen LogP contribution < -0.4 is 10.1 Å². The van der Waals surface area contributed by atoms with Crippen LogP contribution in [-0.4, -0.2) is 14.2 Å². The van der Waals surface area contributed by atoms with Crippen molar-refractivity contribution in [2.24, 2.45) is 0 Å². The molecule has 1 heterocycles. The van der Waals surface area contributed by atoms with E-state index in [-0.39, 0.29) is 6.04 Å². The molecule has 0 aliphatic carbocycles. The molecule has 0 amide bonds. The van der Waals surface area contributed by atoms with Crippen molar-refractivity contribution in [2.45, 2.75) is 25.3 Å². The zero-order valence-electron chi connectivity index (χ0n) is 11.9. The Morgan fingerprint density at radius 1 is 1.35 bits per heavy atom. The van der Waals surface area contributed by atoms with Gasteiger partial charge in [-0.3, -0.25) is 0 Å². The first-order valence-corrected chi connectivity index (χ1v) is 8.03. The fourth-order valence-corrected chi connectivity index (χ4v) is 3.30. The fourth-order valence-electron chi connectivity index (χ4n) is 2.37. The van der Waals surface area contributed by atoms with Crippen LogP contribution in [0.1, 0.15) is 29.3 Å². The molecule has 1 unspecified atom stereocenters. The number of thiophene rings is 1. The second-order valence-electron chi connectivity index (χ2n) is 4.70. The molecule has 1 aromatic carbocycles. The summed E-state index contributed by atoms with van der Waals surface area (Å²) >= 11 is 7.93. The maximum atomic E-state index is 6.11. The van der Waals surface area contributed by atoms with Gasteiger partial charge in [-0.15, -0.1) is 11.3 Å². The first-order valence-electron chi connectivity index (χ1n) is 6.77. The van der Waals surface area contributed by atoms with E-state index >= 15 is 0 Å². The third-order valence-electron chi connectivity index (χ3n) is 3.41. The van der Waals surface area contributed by atoms with Crippen molar-refractivity contribution in [3.8, 4) is 5.75 Å². The van der Waals surface area contributed by atoms with Crippen molar-refractivity contribution in [2.75, 3.05) is 14.2 Å². The van der Waals surface area contributed by atoms with Crippen LogP contribution in [0.15, 0.2) is 35.7 Å². The summed E-state index contributed by atoms with van der Waals surface area (Å²) in [6.07, 6.45) is 3.32. The summed E-state index contributed by atoms with van der Waals surface area (Å²) in [7, 11) is 3.68. The Morgan fingerprint density at radius 2 is 2.20 bits per heavy atom. The highest BCUT2D eigenvalue weighted by molar-refractivity contribution is 7.09. The molecule has 2 aromatic rings. The first kappa shape index (κ1) is 15.4. The van der Waals surface area contributed by atoms with Crippen molar-refractivity contribution in [1.29, 1.82) is 0 Å². The summed E-state index contributed by atoms with van der Waals surface area (Å²) < 4.78 is 5.44. The van der Waals surface area contributed by atoms with Crippen LogP contribution in [-0.2, 0) is 6.42 Å². The minimum Gasteiger partial charge on any atom is -0.496 e. The lowest BCUT2D eigenvalue weighted by molar-refractivity contribution is 0.397. The Kier molecular flexibility index (Phi) is 5.89. The van der Waals surface area contributed by atoms with Crippen LogP contribution in [0.3, 0.4) is 0 Å². The fraction of sp³-hybridized carbons (Fsp3) is 0.375. The minimum atomic E-state index is 0.267. The van der Waals surface area contributed by atoms with Gasteiger partial charge in [0.2, 0.25) is 0 Å². The molecule has 0 radical (unpaired) electrons. The van der Waals surface area contributed by atoms with Gasteiger partial charge in [-0.1, -0.05) is 17.7 Å². The summed E-state index contributed by atoms with van der Waals surface area (Å²) in [5.41, 5.74) is 1.13. The molecule has 0 aliphatic rings. The molecule has 1 N–H and O–H groups in total. The molecule has 4 heteroatoms. The van der Waals surface area contributed by atoms with Gasteiger partial charge in [0, 0.05) is 21.5 Å². The molecule has 0 bridgehead atoms. The SMILES string of the molecule is CNC(CCCc1cccs1)c1cc(Cl)ccc1OC. The van der Waals surface area contributed by atoms with Crippen LogP contribution in [0, 0.1) is 0 Å². The van der Waals surface area contributed by atoms with E-state index in [4.69, 9.17) is 16.3 Å². The molecule has 0 saturated heterocycles. The van der Waals surface area contributed by atoms with E-state index in [2.05, 4.69) is 22.8 Å². The van der Waals surface area contributed by atoms with E-state index in [0.717, 1.165) is 35.6 Å². The first-order chi connectivity index (χ1) is 9.74. The molecular formula is C16H20ClNOS. The van der Waals surface area contributed by atoms with Gasteiger partial charge in [0.05, 0.1) is 7.11 Å². The molecule has 1 aromatic heterocycles. The number of hydrogen-bond acceptors (Lipinski definition) is 3. The second kappa shape index (κ2) is 7.67. The summed E-state index contributed by atoms with van der Waals surface area (Å²) in [6, 6.07) is 10.4.